The standard InChI is InChI=1S/C14H10N4O/c15-5-12-13(6-16)18(9-17-12)7-10-8-19-14-4-2-1-3-11(10)14/h1-4,9-10H,7-8H2. The average Bonchev–Trinajstić information content (AvgIpc) is 3.03. The maximum absolute atomic E-state index is 9.10. The van der Waals surface area contributed by atoms with E-state index < -0.39 is 0 Å². The third kappa shape index (κ3) is 1.82. The molecule has 0 amide bonds. The van der Waals surface area contributed by atoms with Gasteiger partial charge in [-0.15, -0.1) is 0 Å². The molecular weight excluding hydrogens is 240 g/mol. The summed E-state index contributed by atoms with van der Waals surface area (Å²) < 4.78 is 7.33. The van der Waals surface area contributed by atoms with E-state index in [1.807, 2.05) is 36.4 Å². The summed E-state index contributed by atoms with van der Waals surface area (Å²) in [6.45, 7) is 1.18. The Morgan fingerprint density at radius 1 is 1.32 bits per heavy atom. The zero-order chi connectivity index (χ0) is 13.2. The van der Waals surface area contributed by atoms with Crippen LogP contribution in [-0.2, 0) is 6.54 Å². The van der Waals surface area contributed by atoms with Crippen LogP contribution < -0.4 is 4.74 Å². The molecule has 0 aliphatic carbocycles. The number of fused-ring (bicyclic) bond motifs is 1. The molecule has 0 saturated heterocycles. The molecule has 19 heavy (non-hydrogen) atoms. The van der Waals surface area contributed by atoms with Crippen LogP contribution in [0.1, 0.15) is 22.9 Å². The van der Waals surface area contributed by atoms with Gasteiger partial charge in [0.05, 0.1) is 12.9 Å². The van der Waals surface area contributed by atoms with Crippen LogP contribution in [-0.4, -0.2) is 16.2 Å². The third-order valence-corrected chi connectivity index (χ3v) is 3.27. The first-order valence-electron chi connectivity index (χ1n) is 5.90. The first kappa shape index (κ1) is 11.3. The van der Waals surface area contributed by atoms with Gasteiger partial charge in [0.2, 0.25) is 0 Å². The van der Waals surface area contributed by atoms with E-state index in [9.17, 15) is 0 Å². The van der Waals surface area contributed by atoms with Gasteiger partial charge in [-0.2, -0.15) is 10.5 Å². The summed E-state index contributed by atoms with van der Waals surface area (Å²) in [5, 5.41) is 18.0. The second kappa shape index (κ2) is 4.47. The highest BCUT2D eigenvalue weighted by Gasteiger charge is 2.25. The Morgan fingerprint density at radius 2 is 2.16 bits per heavy atom. The van der Waals surface area contributed by atoms with Crippen molar-refractivity contribution in [1.29, 1.82) is 10.5 Å². The molecule has 0 spiro atoms. The fourth-order valence-electron chi connectivity index (χ4n) is 2.34. The molecule has 3 rings (SSSR count). The molecule has 0 saturated carbocycles. The van der Waals surface area contributed by atoms with Gasteiger partial charge in [0, 0.05) is 18.0 Å². The summed E-state index contributed by atoms with van der Waals surface area (Å²) in [5.41, 5.74) is 1.63. The van der Waals surface area contributed by atoms with Gasteiger partial charge in [0.15, 0.2) is 11.4 Å². The van der Waals surface area contributed by atoms with E-state index in [0.717, 1.165) is 11.3 Å². The minimum absolute atomic E-state index is 0.176. The summed E-state index contributed by atoms with van der Waals surface area (Å²) in [7, 11) is 0. The van der Waals surface area contributed by atoms with Crippen LogP contribution in [0.2, 0.25) is 0 Å². The summed E-state index contributed by atoms with van der Waals surface area (Å²) >= 11 is 0. The second-order valence-corrected chi connectivity index (χ2v) is 4.36. The number of benzene rings is 1. The van der Waals surface area contributed by atoms with Gasteiger partial charge in [0.1, 0.15) is 17.9 Å². The molecule has 0 N–H and O–H groups in total. The number of nitrogens with zero attached hydrogens (tertiary/aromatic N) is 4. The van der Waals surface area contributed by atoms with Gasteiger partial charge >= 0.3 is 0 Å². The van der Waals surface area contributed by atoms with E-state index in [2.05, 4.69) is 4.98 Å². The fraction of sp³-hybridized carbons (Fsp3) is 0.214. The average molecular weight is 250 g/mol. The molecule has 2 heterocycles. The molecule has 0 fully saturated rings. The summed E-state index contributed by atoms with van der Waals surface area (Å²) in [5.74, 6) is 1.08. The Morgan fingerprint density at radius 3 is 2.95 bits per heavy atom. The lowest BCUT2D eigenvalue weighted by Crippen LogP contribution is -2.11. The van der Waals surface area contributed by atoms with Crippen molar-refractivity contribution in [3.8, 4) is 17.9 Å². The summed E-state index contributed by atoms with van der Waals surface area (Å²) in [6, 6.07) is 11.8. The van der Waals surface area contributed by atoms with E-state index in [1.54, 1.807) is 4.57 Å². The smallest absolute Gasteiger partial charge is 0.176 e. The molecule has 1 aliphatic heterocycles. The topological polar surface area (TPSA) is 74.6 Å². The molecule has 1 aromatic carbocycles. The Bertz CT molecular complexity index is 705. The van der Waals surface area contributed by atoms with Crippen LogP contribution in [0, 0.1) is 22.7 Å². The molecule has 1 atom stereocenters. The van der Waals surface area contributed by atoms with E-state index in [4.69, 9.17) is 15.3 Å². The minimum atomic E-state index is 0.176. The molecule has 1 unspecified atom stereocenters. The first-order chi connectivity index (χ1) is 9.33. The van der Waals surface area contributed by atoms with E-state index >= 15 is 0 Å². The van der Waals surface area contributed by atoms with Crippen molar-refractivity contribution in [3.63, 3.8) is 0 Å². The molecule has 5 nitrogen and oxygen atoms in total. The number of aromatic nitrogens is 2. The lowest BCUT2D eigenvalue weighted by molar-refractivity contribution is 0.318. The predicted molar refractivity (Wildman–Crippen MR) is 66.3 cm³/mol. The summed E-state index contributed by atoms with van der Waals surface area (Å²) in [4.78, 5) is 3.94. The van der Waals surface area contributed by atoms with Crippen molar-refractivity contribution in [3.05, 3.63) is 47.5 Å². The third-order valence-electron chi connectivity index (χ3n) is 3.27. The van der Waals surface area contributed by atoms with Gasteiger partial charge in [-0.3, -0.25) is 0 Å². The van der Waals surface area contributed by atoms with Gasteiger partial charge in [-0.05, 0) is 6.07 Å². The molecule has 2 aromatic rings. The van der Waals surface area contributed by atoms with Crippen LogP contribution in [0.25, 0.3) is 0 Å². The highest BCUT2D eigenvalue weighted by molar-refractivity contribution is 5.40. The first-order valence-corrected chi connectivity index (χ1v) is 5.90. The zero-order valence-electron chi connectivity index (χ0n) is 10.1. The van der Waals surface area contributed by atoms with Crippen LogP contribution in [0.3, 0.4) is 0 Å². The van der Waals surface area contributed by atoms with Gasteiger partial charge < -0.3 is 9.30 Å². The number of para-hydroxylation sites is 1. The Hall–Kier alpha value is -2.79. The van der Waals surface area contributed by atoms with Gasteiger partial charge in [-0.1, -0.05) is 18.2 Å². The normalized spacial score (nSPS) is 16.2. The SMILES string of the molecule is N#Cc1ncn(CC2COc3ccccc32)c1C#N. The van der Waals surface area contributed by atoms with Crippen LogP contribution >= 0.6 is 0 Å². The highest BCUT2D eigenvalue weighted by atomic mass is 16.5. The molecule has 5 heteroatoms. The summed E-state index contributed by atoms with van der Waals surface area (Å²) in [6.07, 6.45) is 1.54. The van der Waals surface area contributed by atoms with E-state index in [1.165, 1.54) is 6.33 Å². The minimum Gasteiger partial charge on any atom is -0.493 e. The number of nitriles is 2. The molecule has 0 bridgehead atoms. The Balaban J connectivity index is 1.91. The largest absolute Gasteiger partial charge is 0.493 e. The van der Waals surface area contributed by atoms with Crippen LogP contribution in [0.5, 0.6) is 5.75 Å². The molecule has 1 aromatic heterocycles. The molecule has 92 valence electrons. The quantitative estimate of drug-likeness (QED) is 0.814. The number of hydrogen-bond acceptors (Lipinski definition) is 4. The monoisotopic (exact) mass is 250 g/mol. The number of ether oxygens (including phenoxy) is 1. The van der Waals surface area contributed by atoms with Crippen molar-refractivity contribution in [2.75, 3.05) is 6.61 Å². The second-order valence-electron chi connectivity index (χ2n) is 4.36. The van der Waals surface area contributed by atoms with Crippen molar-refractivity contribution >= 4 is 0 Å². The maximum atomic E-state index is 9.10. The lowest BCUT2D eigenvalue weighted by Gasteiger charge is -2.10. The number of hydrogen-bond donors (Lipinski definition) is 0. The van der Waals surface area contributed by atoms with E-state index in [-0.39, 0.29) is 11.6 Å². The van der Waals surface area contributed by atoms with Crippen molar-refractivity contribution in [2.45, 2.75) is 12.5 Å². The van der Waals surface area contributed by atoms with Crippen molar-refractivity contribution in [2.24, 2.45) is 0 Å². The molecule has 1 aliphatic rings. The molecule has 0 radical (unpaired) electrons. The van der Waals surface area contributed by atoms with Gasteiger partial charge in [0.25, 0.3) is 0 Å². The number of rotatable bonds is 2. The van der Waals surface area contributed by atoms with Crippen molar-refractivity contribution < 1.29 is 4.74 Å². The van der Waals surface area contributed by atoms with Crippen LogP contribution in [0.15, 0.2) is 30.6 Å². The lowest BCUT2D eigenvalue weighted by atomic mass is 10.0. The van der Waals surface area contributed by atoms with E-state index in [0.29, 0.717) is 18.8 Å². The Labute approximate surface area is 110 Å². The Kier molecular flexibility index (Phi) is 2.66. The maximum Gasteiger partial charge on any atom is 0.176 e. The highest BCUT2D eigenvalue weighted by Crippen LogP contribution is 2.34. The number of imidazole rings is 1. The predicted octanol–water partition coefficient (Wildman–Crippen LogP) is 1.80. The zero-order valence-corrected chi connectivity index (χ0v) is 10.1. The van der Waals surface area contributed by atoms with Gasteiger partial charge in [-0.25, -0.2) is 4.98 Å². The fourth-order valence-corrected chi connectivity index (χ4v) is 2.34. The van der Waals surface area contributed by atoms with Crippen LogP contribution in [0.4, 0.5) is 0 Å². The van der Waals surface area contributed by atoms with Crippen molar-refractivity contribution in [1.82, 2.24) is 9.55 Å². The molecular formula is C14H10N4O.